The molecule has 0 saturated heterocycles. The van der Waals surface area contributed by atoms with Crippen molar-refractivity contribution >= 4 is 11.6 Å². The molecule has 1 N–H and O–H groups in total. The van der Waals surface area contributed by atoms with E-state index in [1.165, 1.54) is 6.07 Å². The molecule has 0 heterocycles. The van der Waals surface area contributed by atoms with Gasteiger partial charge in [0.2, 0.25) is 0 Å². The van der Waals surface area contributed by atoms with Crippen LogP contribution in [0.4, 0.5) is 10.1 Å². The molecule has 3 aromatic carbocycles. The topological polar surface area (TPSA) is 47.6 Å². The summed E-state index contributed by atoms with van der Waals surface area (Å²) in [5, 5.41) is 2.69. The van der Waals surface area contributed by atoms with Gasteiger partial charge < -0.3 is 14.8 Å². The number of amides is 1. The summed E-state index contributed by atoms with van der Waals surface area (Å²) in [5.41, 5.74) is 2.23. The maximum Gasteiger partial charge on any atom is 0.255 e. The van der Waals surface area contributed by atoms with Gasteiger partial charge in [-0.1, -0.05) is 42.5 Å². The molecule has 0 spiro atoms. The fraction of sp³-hybridized carbons (Fsp3) is 0.136. The Morgan fingerprint density at radius 1 is 0.926 bits per heavy atom. The van der Waals surface area contributed by atoms with Crippen molar-refractivity contribution in [2.45, 2.75) is 13.2 Å². The van der Waals surface area contributed by atoms with E-state index in [1.807, 2.05) is 30.3 Å². The molecule has 27 heavy (non-hydrogen) atoms. The molecular weight excluding hydrogens is 345 g/mol. The van der Waals surface area contributed by atoms with Crippen LogP contribution in [0.3, 0.4) is 0 Å². The normalized spacial score (nSPS) is 10.4. The van der Waals surface area contributed by atoms with Gasteiger partial charge in [-0.2, -0.15) is 0 Å². The zero-order valence-electron chi connectivity index (χ0n) is 14.9. The van der Waals surface area contributed by atoms with E-state index in [4.69, 9.17) is 9.47 Å². The summed E-state index contributed by atoms with van der Waals surface area (Å²) < 4.78 is 25.2. The second-order valence-corrected chi connectivity index (χ2v) is 5.93. The summed E-state index contributed by atoms with van der Waals surface area (Å²) >= 11 is 0. The van der Waals surface area contributed by atoms with E-state index in [9.17, 15) is 9.18 Å². The highest BCUT2D eigenvalue weighted by Gasteiger charge is 2.09. The van der Waals surface area contributed by atoms with Crippen LogP contribution < -0.4 is 10.1 Å². The number of anilines is 1. The molecule has 0 atom stereocenters. The van der Waals surface area contributed by atoms with Gasteiger partial charge in [0.05, 0.1) is 20.3 Å². The van der Waals surface area contributed by atoms with Gasteiger partial charge in [0.1, 0.15) is 11.6 Å². The number of carbonyl (C=O) groups is 1. The Morgan fingerprint density at radius 3 is 2.37 bits per heavy atom. The second kappa shape index (κ2) is 8.96. The summed E-state index contributed by atoms with van der Waals surface area (Å²) in [6.07, 6.45) is 0. The number of para-hydroxylation sites is 1. The SMILES string of the molecule is COc1ccccc1COCc1ccc(NC(=O)c2ccccc2)cc1F. The van der Waals surface area contributed by atoms with Gasteiger partial charge in [0.25, 0.3) is 5.91 Å². The minimum absolute atomic E-state index is 0.122. The monoisotopic (exact) mass is 365 g/mol. The van der Waals surface area contributed by atoms with Crippen LogP contribution >= 0.6 is 0 Å². The van der Waals surface area contributed by atoms with Crippen molar-refractivity contribution < 1.29 is 18.7 Å². The van der Waals surface area contributed by atoms with Crippen molar-refractivity contribution in [3.05, 3.63) is 95.3 Å². The summed E-state index contributed by atoms with van der Waals surface area (Å²) in [7, 11) is 1.60. The molecule has 0 radical (unpaired) electrons. The number of carbonyl (C=O) groups excluding carboxylic acids is 1. The van der Waals surface area contributed by atoms with Gasteiger partial charge in [-0.25, -0.2) is 4.39 Å². The molecule has 0 saturated carbocycles. The molecule has 3 rings (SSSR count). The number of benzene rings is 3. The maximum absolute atomic E-state index is 14.3. The summed E-state index contributed by atoms with van der Waals surface area (Å²) in [6.45, 7) is 0.437. The van der Waals surface area contributed by atoms with Gasteiger partial charge in [0.15, 0.2) is 0 Å². The van der Waals surface area contributed by atoms with Crippen molar-refractivity contribution in [1.29, 1.82) is 0 Å². The summed E-state index contributed by atoms with van der Waals surface area (Å²) in [5.74, 6) is 0.0213. The third-order valence-electron chi connectivity index (χ3n) is 4.05. The fourth-order valence-corrected chi connectivity index (χ4v) is 2.63. The zero-order chi connectivity index (χ0) is 19.1. The lowest BCUT2D eigenvalue weighted by atomic mass is 10.1. The smallest absolute Gasteiger partial charge is 0.255 e. The van der Waals surface area contributed by atoms with Crippen LogP contribution in [0.15, 0.2) is 72.8 Å². The van der Waals surface area contributed by atoms with E-state index >= 15 is 0 Å². The van der Waals surface area contributed by atoms with Crippen LogP contribution in [0.1, 0.15) is 21.5 Å². The Kier molecular flexibility index (Phi) is 6.18. The van der Waals surface area contributed by atoms with E-state index in [0.717, 1.165) is 11.3 Å². The van der Waals surface area contributed by atoms with Crippen LogP contribution in [0.25, 0.3) is 0 Å². The first kappa shape index (κ1) is 18.6. The number of rotatable bonds is 7. The van der Waals surface area contributed by atoms with Crippen LogP contribution in [0.2, 0.25) is 0 Å². The van der Waals surface area contributed by atoms with Gasteiger partial charge >= 0.3 is 0 Å². The van der Waals surface area contributed by atoms with E-state index < -0.39 is 5.82 Å². The average Bonchev–Trinajstić information content (AvgIpc) is 2.70. The van der Waals surface area contributed by atoms with E-state index in [2.05, 4.69) is 5.32 Å². The average molecular weight is 365 g/mol. The summed E-state index contributed by atoms with van der Waals surface area (Å²) in [4.78, 5) is 12.1. The molecule has 138 valence electrons. The number of hydrogen-bond donors (Lipinski definition) is 1. The molecule has 5 heteroatoms. The molecule has 0 bridgehead atoms. The molecule has 0 fully saturated rings. The van der Waals surface area contributed by atoms with Crippen molar-refractivity contribution in [2.24, 2.45) is 0 Å². The fourth-order valence-electron chi connectivity index (χ4n) is 2.63. The molecule has 0 aliphatic carbocycles. The molecule has 0 aliphatic heterocycles. The number of nitrogens with one attached hydrogen (secondary N) is 1. The van der Waals surface area contributed by atoms with Crippen LogP contribution in [-0.2, 0) is 18.0 Å². The molecule has 4 nitrogen and oxygen atoms in total. The first-order valence-corrected chi connectivity index (χ1v) is 8.52. The lowest BCUT2D eigenvalue weighted by Crippen LogP contribution is -2.12. The van der Waals surface area contributed by atoms with Crippen LogP contribution in [0, 0.1) is 5.82 Å². The van der Waals surface area contributed by atoms with Gasteiger partial charge in [-0.15, -0.1) is 0 Å². The standard InChI is InChI=1S/C22H20FNO3/c1-26-21-10-6-5-9-18(21)15-27-14-17-11-12-19(13-20(17)23)24-22(25)16-7-3-2-4-8-16/h2-13H,14-15H2,1H3,(H,24,25). The third-order valence-corrected chi connectivity index (χ3v) is 4.05. The molecular formula is C22H20FNO3. The van der Waals surface area contributed by atoms with Crippen LogP contribution in [0.5, 0.6) is 5.75 Å². The molecule has 0 aliphatic rings. The van der Waals surface area contributed by atoms with E-state index in [-0.39, 0.29) is 12.5 Å². The first-order valence-electron chi connectivity index (χ1n) is 8.52. The van der Waals surface area contributed by atoms with Crippen molar-refractivity contribution in [2.75, 3.05) is 12.4 Å². The molecule has 1 amide bonds. The third kappa shape index (κ3) is 4.92. The van der Waals surface area contributed by atoms with Gasteiger partial charge in [0, 0.05) is 22.4 Å². The second-order valence-electron chi connectivity index (χ2n) is 5.93. The lowest BCUT2D eigenvalue weighted by Gasteiger charge is -2.11. The Morgan fingerprint density at radius 2 is 1.63 bits per heavy atom. The Bertz CT molecular complexity index is 912. The van der Waals surface area contributed by atoms with Crippen molar-refractivity contribution in [3.8, 4) is 5.75 Å². The minimum atomic E-state index is -0.430. The predicted octanol–water partition coefficient (Wildman–Crippen LogP) is 4.80. The number of methoxy groups -OCH3 is 1. The largest absolute Gasteiger partial charge is 0.496 e. The minimum Gasteiger partial charge on any atom is -0.496 e. The maximum atomic E-state index is 14.3. The lowest BCUT2D eigenvalue weighted by molar-refractivity contribution is 0.102. The Hall–Kier alpha value is -3.18. The van der Waals surface area contributed by atoms with Crippen LogP contribution in [-0.4, -0.2) is 13.0 Å². The van der Waals surface area contributed by atoms with E-state index in [1.54, 1.807) is 43.5 Å². The molecule has 3 aromatic rings. The zero-order valence-corrected chi connectivity index (χ0v) is 14.9. The highest BCUT2D eigenvalue weighted by molar-refractivity contribution is 6.04. The highest BCUT2D eigenvalue weighted by atomic mass is 19.1. The number of hydrogen-bond acceptors (Lipinski definition) is 3. The van der Waals surface area contributed by atoms with Gasteiger partial charge in [-0.3, -0.25) is 4.79 Å². The summed E-state index contributed by atoms with van der Waals surface area (Å²) in [6, 6.07) is 20.9. The number of halogens is 1. The van der Waals surface area contributed by atoms with E-state index in [0.29, 0.717) is 23.4 Å². The predicted molar refractivity (Wildman–Crippen MR) is 102 cm³/mol. The Labute approximate surface area is 157 Å². The highest BCUT2D eigenvalue weighted by Crippen LogP contribution is 2.20. The number of ether oxygens (including phenoxy) is 2. The van der Waals surface area contributed by atoms with Crippen molar-refractivity contribution in [3.63, 3.8) is 0 Å². The first-order chi connectivity index (χ1) is 13.2. The van der Waals surface area contributed by atoms with Crippen molar-refractivity contribution in [1.82, 2.24) is 0 Å². The quantitative estimate of drug-likeness (QED) is 0.654. The van der Waals surface area contributed by atoms with Gasteiger partial charge in [-0.05, 0) is 30.3 Å². The molecule has 0 unspecified atom stereocenters. The molecule has 0 aromatic heterocycles. The Balaban J connectivity index is 1.59.